The first kappa shape index (κ1) is 11.6. The molecule has 0 aliphatic heterocycles. The van der Waals surface area contributed by atoms with Gasteiger partial charge in [0, 0.05) is 11.1 Å². The number of fused-ring (bicyclic) bond motifs is 1. The van der Waals surface area contributed by atoms with Crippen LogP contribution in [-0.2, 0) is 16.0 Å². The van der Waals surface area contributed by atoms with Crippen LogP contribution in [0.3, 0.4) is 0 Å². The minimum atomic E-state index is -0.220. The number of ether oxygens (including phenoxy) is 1. The molecule has 0 spiro atoms. The summed E-state index contributed by atoms with van der Waals surface area (Å²) in [5, 5.41) is 1.09. The number of methoxy groups -OCH3 is 1. The molecule has 0 aliphatic carbocycles. The van der Waals surface area contributed by atoms with E-state index in [-0.39, 0.29) is 5.97 Å². The maximum absolute atomic E-state index is 11.2. The zero-order valence-electron chi connectivity index (χ0n) is 10.3. The number of hydrogen-bond acceptors (Lipinski definition) is 3. The number of hydrogen-bond donors (Lipinski definition) is 0. The Labute approximate surface area is 100 Å². The molecule has 0 atom stereocenters. The minimum absolute atomic E-state index is 0.220. The summed E-state index contributed by atoms with van der Waals surface area (Å²) < 4.78 is 4.66. The standard InChI is InChI=1S/C14H15NO2/c1-9-6-10(2)15-13-5-4-11(7-12(9)13)8-14(16)17-3/h4-7H,8H2,1-3H3. The Morgan fingerprint density at radius 2 is 2.06 bits per heavy atom. The summed E-state index contributed by atoms with van der Waals surface area (Å²) in [5.41, 5.74) is 4.11. The van der Waals surface area contributed by atoms with Crippen molar-refractivity contribution in [3.8, 4) is 0 Å². The number of carbonyl (C=O) groups is 1. The molecule has 0 saturated carbocycles. The van der Waals surface area contributed by atoms with Crippen molar-refractivity contribution in [3.63, 3.8) is 0 Å². The second-order valence-corrected chi connectivity index (χ2v) is 4.18. The molecule has 0 unspecified atom stereocenters. The van der Waals surface area contributed by atoms with Gasteiger partial charge >= 0.3 is 5.97 Å². The highest BCUT2D eigenvalue weighted by molar-refractivity contribution is 5.84. The van der Waals surface area contributed by atoms with Crippen molar-refractivity contribution in [1.29, 1.82) is 0 Å². The van der Waals surface area contributed by atoms with Crippen molar-refractivity contribution in [2.24, 2.45) is 0 Å². The number of carbonyl (C=O) groups excluding carboxylic acids is 1. The second-order valence-electron chi connectivity index (χ2n) is 4.18. The highest BCUT2D eigenvalue weighted by atomic mass is 16.5. The quantitative estimate of drug-likeness (QED) is 0.743. The molecular weight excluding hydrogens is 214 g/mol. The first-order valence-electron chi connectivity index (χ1n) is 5.54. The predicted octanol–water partition coefficient (Wildman–Crippen LogP) is 2.57. The Kier molecular flexibility index (Phi) is 3.09. The molecule has 0 fully saturated rings. The molecule has 0 N–H and O–H groups in total. The lowest BCUT2D eigenvalue weighted by Gasteiger charge is -2.06. The van der Waals surface area contributed by atoms with E-state index in [0.717, 1.165) is 22.2 Å². The fraction of sp³-hybridized carbons (Fsp3) is 0.286. The van der Waals surface area contributed by atoms with Crippen LogP contribution in [0.15, 0.2) is 24.3 Å². The second kappa shape index (κ2) is 4.53. The number of nitrogens with zero attached hydrogens (tertiary/aromatic N) is 1. The van der Waals surface area contributed by atoms with E-state index >= 15 is 0 Å². The van der Waals surface area contributed by atoms with Gasteiger partial charge < -0.3 is 4.74 Å². The number of benzene rings is 1. The number of pyridine rings is 1. The number of aryl methyl sites for hydroxylation is 2. The lowest BCUT2D eigenvalue weighted by molar-refractivity contribution is -0.139. The average Bonchev–Trinajstić information content (AvgIpc) is 2.29. The minimum Gasteiger partial charge on any atom is -0.469 e. The summed E-state index contributed by atoms with van der Waals surface area (Å²) in [6.07, 6.45) is 0.305. The van der Waals surface area contributed by atoms with Crippen LogP contribution < -0.4 is 0 Å². The SMILES string of the molecule is COC(=O)Cc1ccc2nc(C)cc(C)c2c1. The fourth-order valence-electron chi connectivity index (χ4n) is 1.96. The molecule has 88 valence electrons. The van der Waals surface area contributed by atoms with Crippen molar-refractivity contribution in [1.82, 2.24) is 4.98 Å². The highest BCUT2D eigenvalue weighted by Gasteiger charge is 2.06. The summed E-state index contributed by atoms with van der Waals surface area (Å²) in [5.74, 6) is -0.220. The van der Waals surface area contributed by atoms with Crippen LogP contribution in [-0.4, -0.2) is 18.1 Å². The van der Waals surface area contributed by atoms with Crippen LogP contribution in [0.4, 0.5) is 0 Å². The Balaban J connectivity index is 2.47. The molecule has 3 nitrogen and oxygen atoms in total. The number of esters is 1. The normalized spacial score (nSPS) is 10.5. The van der Waals surface area contributed by atoms with E-state index in [2.05, 4.69) is 16.6 Å². The molecule has 0 saturated heterocycles. The molecule has 1 heterocycles. The predicted molar refractivity (Wildman–Crippen MR) is 66.9 cm³/mol. The average molecular weight is 229 g/mol. The van der Waals surface area contributed by atoms with Gasteiger partial charge in [0.25, 0.3) is 0 Å². The molecule has 1 aromatic heterocycles. The molecule has 0 radical (unpaired) electrons. The third-order valence-corrected chi connectivity index (χ3v) is 2.78. The lowest BCUT2D eigenvalue weighted by Crippen LogP contribution is -2.04. The first-order valence-corrected chi connectivity index (χ1v) is 5.54. The molecule has 0 bridgehead atoms. The third kappa shape index (κ3) is 2.44. The fourth-order valence-corrected chi connectivity index (χ4v) is 1.96. The molecule has 2 rings (SSSR count). The van der Waals surface area contributed by atoms with E-state index in [4.69, 9.17) is 0 Å². The third-order valence-electron chi connectivity index (χ3n) is 2.78. The summed E-state index contributed by atoms with van der Waals surface area (Å²) in [7, 11) is 1.40. The monoisotopic (exact) mass is 229 g/mol. The van der Waals surface area contributed by atoms with Crippen molar-refractivity contribution in [3.05, 3.63) is 41.1 Å². The molecular formula is C14H15NO2. The van der Waals surface area contributed by atoms with Crippen molar-refractivity contribution >= 4 is 16.9 Å². The van der Waals surface area contributed by atoms with E-state index in [1.165, 1.54) is 12.7 Å². The summed E-state index contributed by atoms with van der Waals surface area (Å²) >= 11 is 0. The van der Waals surface area contributed by atoms with Crippen molar-refractivity contribution in [2.45, 2.75) is 20.3 Å². The van der Waals surface area contributed by atoms with Gasteiger partial charge in [-0.05, 0) is 43.2 Å². The van der Waals surface area contributed by atoms with Gasteiger partial charge in [-0.3, -0.25) is 9.78 Å². The molecule has 17 heavy (non-hydrogen) atoms. The maximum Gasteiger partial charge on any atom is 0.309 e. The smallest absolute Gasteiger partial charge is 0.309 e. The van der Waals surface area contributed by atoms with E-state index in [9.17, 15) is 4.79 Å². The van der Waals surface area contributed by atoms with Crippen LogP contribution in [0.1, 0.15) is 16.8 Å². The van der Waals surface area contributed by atoms with Crippen LogP contribution in [0.25, 0.3) is 10.9 Å². The van der Waals surface area contributed by atoms with Gasteiger partial charge in [0.2, 0.25) is 0 Å². The van der Waals surface area contributed by atoms with Gasteiger partial charge in [0.05, 0.1) is 19.0 Å². The van der Waals surface area contributed by atoms with Crippen LogP contribution >= 0.6 is 0 Å². The number of aromatic nitrogens is 1. The highest BCUT2D eigenvalue weighted by Crippen LogP contribution is 2.19. The van der Waals surface area contributed by atoms with E-state index < -0.39 is 0 Å². The molecule has 1 aromatic carbocycles. The van der Waals surface area contributed by atoms with Gasteiger partial charge in [0.1, 0.15) is 0 Å². The molecule has 3 heteroatoms. The zero-order chi connectivity index (χ0) is 12.4. The van der Waals surface area contributed by atoms with E-state index in [1.807, 2.05) is 31.2 Å². The molecule has 2 aromatic rings. The van der Waals surface area contributed by atoms with E-state index in [1.54, 1.807) is 0 Å². The first-order chi connectivity index (χ1) is 8.10. The van der Waals surface area contributed by atoms with Crippen molar-refractivity contribution in [2.75, 3.05) is 7.11 Å². The maximum atomic E-state index is 11.2. The Morgan fingerprint density at radius 3 is 2.76 bits per heavy atom. The summed E-state index contributed by atoms with van der Waals surface area (Å²) in [6.45, 7) is 4.04. The lowest BCUT2D eigenvalue weighted by atomic mass is 10.0. The largest absolute Gasteiger partial charge is 0.469 e. The van der Waals surface area contributed by atoms with Gasteiger partial charge in [0.15, 0.2) is 0 Å². The Bertz CT molecular complexity index is 576. The summed E-state index contributed by atoms with van der Waals surface area (Å²) in [6, 6.07) is 7.93. The van der Waals surface area contributed by atoms with Gasteiger partial charge in [-0.15, -0.1) is 0 Å². The van der Waals surface area contributed by atoms with E-state index in [0.29, 0.717) is 6.42 Å². The van der Waals surface area contributed by atoms with Gasteiger partial charge in [-0.2, -0.15) is 0 Å². The van der Waals surface area contributed by atoms with Crippen molar-refractivity contribution < 1.29 is 9.53 Å². The van der Waals surface area contributed by atoms with Gasteiger partial charge in [-0.1, -0.05) is 6.07 Å². The topological polar surface area (TPSA) is 39.2 Å². The zero-order valence-corrected chi connectivity index (χ0v) is 10.3. The molecule has 0 amide bonds. The summed E-state index contributed by atoms with van der Waals surface area (Å²) in [4.78, 5) is 15.7. The number of rotatable bonds is 2. The van der Waals surface area contributed by atoms with Gasteiger partial charge in [-0.25, -0.2) is 0 Å². The molecule has 0 aliphatic rings. The van der Waals surface area contributed by atoms with Crippen LogP contribution in [0, 0.1) is 13.8 Å². The van der Waals surface area contributed by atoms with Crippen LogP contribution in [0.5, 0.6) is 0 Å². The Hall–Kier alpha value is -1.90. The Morgan fingerprint density at radius 1 is 1.29 bits per heavy atom. The van der Waals surface area contributed by atoms with Crippen LogP contribution in [0.2, 0.25) is 0 Å².